The summed E-state index contributed by atoms with van der Waals surface area (Å²) in [7, 11) is -3.27. The Bertz CT molecular complexity index is 164. The highest BCUT2D eigenvalue weighted by atomic mass is 32.2. The minimum atomic E-state index is -3.27. The predicted octanol–water partition coefficient (Wildman–Crippen LogP) is -0.298. The van der Waals surface area contributed by atoms with Gasteiger partial charge in [-0.2, -0.15) is 8.42 Å². The van der Waals surface area contributed by atoms with Gasteiger partial charge in [-0.15, -0.1) is 0 Å². The van der Waals surface area contributed by atoms with E-state index in [1.54, 1.807) is 6.92 Å². The Morgan fingerprint density at radius 1 is 1.50 bits per heavy atom. The molecule has 4 nitrogen and oxygen atoms in total. The third-order valence-corrected chi connectivity index (χ3v) is 2.28. The molecule has 0 aliphatic rings. The van der Waals surface area contributed by atoms with Crippen LogP contribution in [0.5, 0.6) is 0 Å². The molecule has 0 radical (unpaired) electrons. The molecule has 0 aromatic rings. The molecular weight excluding hydrogens is 154 g/mol. The second kappa shape index (κ2) is 4.65. The molecule has 0 aromatic carbocycles. The minimum absolute atomic E-state index is 0.0251. The molecule has 62 valence electrons. The summed E-state index contributed by atoms with van der Waals surface area (Å²) in [6.07, 6.45) is 0.461. The topological polar surface area (TPSA) is 69.4 Å². The second-order valence-electron chi connectivity index (χ2n) is 1.81. The normalized spacial score (nSPS) is 11.8. The second-order valence-corrected chi connectivity index (χ2v) is 3.57. The fourth-order valence-electron chi connectivity index (χ4n) is 0.499. The van der Waals surface area contributed by atoms with Gasteiger partial charge in [0, 0.05) is 0 Å². The van der Waals surface area contributed by atoms with Crippen molar-refractivity contribution in [2.45, 2.75) is 13.3 Å². The molecule has 0 amide bonds. The summed E-state index contributed by atoms with van der Waals surface area (Å²) in [4.78, 5) is 0. The minimum Gasteiger partial charge on any atom is -0.330 e. The first kappa shape index (κ1) is 9.87. The van der Waals surface area contributed by atoms with Crippen LogP contribution < -0.4 is 5.73 Å². The van der Waals surface area contributed by atoms with Crippen LogP contribution in [0.2, 0.25) is 0 Å². The van der Waals surface area contributed by atoms with Crippen molar-refractivity contribution in [1.82, 2.24) is 0 Å². The largest absolute Gasteiger partial charge is 0.330 e. The Labute approximate surface area is 61.5 Å². The zero-order valence-corrected chi connectivity index (χ0v) is 6.86. The lowest BCUT2D eigenvalue weighted by molar-refractivity contribution is 0.337. The van der Waals surface area contributed by atoms with E-state index in [-0.39, 0.29) is 12.4 Å². The van der Waals surface area contributed by atoms with Crippen molar-refractivity contribution in [2.75, 3.05) is 18.9 Å². The van der Waals surface area contributed by atoms with Crippen LogP contribution >= 0.6 is 0 Å². The Hall–Kier alpha value is -0.130. The SMILES string of the molecule is CCOS(=O)(=O)CCCN. The first-order valence-electron chi connectivity index (χ1n) is 3.19. The maximum absolute atomic E-state index is 10.7. The summed E-state index contributed by atoms with van der Waals surface area (Å²) in [5, 5.41) is 0. The van der Waals surface area contributed by atoms with Crippen LogP contribution in [0.15, 0.2) is 0 Å². The highest BCUT2D eigenvalue weighted by Crippen LogP contribution is 1.93. The molecule has 0 bridgehead atoms. The molecule has 0 spiro atoms. The van der Waals surface area contributed by atoms with E-state index in [0.717, 1.165) is 0 Å². The molecule has 0 aliphatic carbocycles. The van der Waals surface area contributed by atoms with E-state index in [1.165, 1.54) is 0 Å². The summed E-state index contributed by atoms with van der Waals surface area (Å²) >= 11 is 0. The molecule has 0 atom stereocenters. The van der Waals surface area contributed by atoms with E-state index in [9.17, 15) is 8.42 Å². The molecule has 2 N–H and O–H groups in total. The van der Waals surface area contributed by atoms with Gasteiger partial charge in [-0.3, -0.25) is 4.18 Å². The van der Waals surface area contributed by atoms with Crippen LogP contribution in [0, 0.1) is 0 Å². The third kappa shape index (κ3) is 4.72. The molecule has 0 heterocycles. The van der Waals surface area contributed by atoms with Gasteiger partial charge >= 0.3 is 0 Å². The molecule has 0 saturated carbocycles. The van der Waals surface area contributed by atoms with Gasteiger partial charge in [-0.25, -0.2) is 0 Å². The quantitative estimate of drug-likeness (QED) is 0.571. The Morgan fingerprint density at radius 3 is 2.50 bits per heavy atom. The van der Waals surface area contributed by atoms with Crippen LogP contribution in [0.1, 0.15) is 13.3 Å². The number of rotatable bonds is 5. The average Bonchev–Trinajstić information content (AvgIpc) is 1.84. The lowest BCUT2D eigenvalue weighted by Gasteiger charge is -2.00. The highest BCUT2D eigenvalue weighted by Gasteiger charge is 2.07. The summed E-state index contributed by atoms with van der Waals surface area (Å²) in [5.74, 6) is 0.0251. The summed E-state index contributed by atoms with van der Waals surface area (Å²) < 4.78 is 25.9. The van der Waals surface area contributed by atoms with E-state index in [1.807, 2.05) is 0 Å². The van der Waals surface area contributed by atoms with Crippen molar-refractivity contribution in [3.63, 3.8) is 0 Å². The summed E-state index contributed by atoms with van der Waals surface area (Å²) in [5.41, 5.74) is 5.11. The lowest BCUT2D eigenvalue weighted by atomic mass is 10.5. The van der Waals surface area contributed by atoms with Crippen LogP contribution in [0.25, 0.3) is 0 Å². The molecule has 5 heteroatoms. The van der Waals surface area contributed by atoms with Crippen LogP contribution in [0.4, 0.5) is 0 Å². The molecule has 0 aliphatic heterocycles. The van der Waals surface area contributed by atoms with E-state index < -0.39 is 10.1 Å². The zero-order chi connectivity index (χ0) is 8.04. The highest BCUT2D eigenvalue weighted by molar-refractivity contribution is 7.86. The van der Waals surface area contributed by atoms with E-state index in [0.29, 0.717) is 13.0 Å². The number of hydrogen-bond acceptors (Lipinski definition) is 4. The van der Waals surface area contributed by atoms with Crippen LogP contribution in [-0.2, 0) is 14.3 Å². The Kier molecular flexibility index (Phi) is 4.59. The van der Waals surface area contributed by atoms with E-state index in [4.69, 9.17) is 5.73 Å². The molecule has 0 unspecified atom stereocenters. The van der Waals surface area contributed by atoms with Gasteiger partial charge in [0.05, 0.1) is 12.4 Å². The van der Waals surface area contributed by atoms with Gasteiger partial charge in [0.2, 0.25) is 0 Å². The van der Waals surface area contributed by atoms with Gasteiger partial charge < -0.3 is 5.73 Å². The van der Waals surface area contributed by atoms with Crippen molar-refractivity contribution in [3.05, 3.63) is 0 Å². The van der Waals surface area contributed by atoms with Gasteiger partial charge in [-0.05, 0) is 19.9 Å². The summed E-state index contributed by atoms with van der Waals surface area (Å²) in [6, 6.07) is 0. The number of hydrogen-bond donors (Lipinski definition) is 1. The molecule has 0 rings (SSSR count). The predicted molar refractivity (Wildman–Crippen MR) is 39.1 cm³/mol. The maximum Gasteiger partial charge on any atom is 0.267 e. The first-order valence-corrected chi connectivity index (χ1v) is 4.77. The molecule has 10 heavy (non-hydrogen) atoms. The third-order valence-electron chi connectivity index (χ3n) is 0.896. The Balaban J connectivity index is 3.65. The van der Waals surface area contributed by atoms with Crippen LogP contribution in [-0.4, -0.2) is 27.3 Å². The van der Waals surface area contributed by atoms with Gasteiger partial charge in [0.25, 0.3) is 10.1 Å². The summed E-state index contributed by atoms with van der Waals surface area (Å²) in [6.45, 7) is 2.22. The van der Waals surface area contributed by atoms with Crippen LogP contribution in [0.3, 0.4) is 0 Å². The fraction of sp³-hybridized carbons (Fsp3) is 1.00. The van der Waals surface area contributed by atoms with Gasteiger partial charge in [-0.1, -0.05) is 0 Å². The zero-order valence-electron chi connectivity index (χ0n) is 6.04. The van der Waals surface area contributed by atoms with Crippen molar-refractivity contribution in [3.8, 4) is 0 Å². The van der Waals surface area contributed by atoms with E-state index in [2.05, 4.69) is 4.18 Å². The van der Waals surface area contributed by atoms with Crippen molar-refractivity contribution in [1.29, 1.82) is 0 Å². The molecule has 0 fully saturated rings. The standard InChI is InChI=1S/C5H13NO3S/c1-2-9-10(7,8)5-3-4-6/h2-6H2,1H3. The number of nitrogens with two attached hydrogens (primary N) is 1. The monoisotopic (exact) mass is 167 g/mol. The van der Waals surface area contributed by atoms with E-state index >= 15 is 0 Å². The molecular formula is C5H13NO3S. The van der Waals surface area contributed by atoms with Crippen molar-refractivity contribution in [2.24, 2.45) is 5.73 Å². The smallest absolute Gasteiger partial charge is 0.267 e. The Morgan fingerprint density at radius 2 is 2.10 bits per heavy atom. The van der Waals surface area contributed by atoms with Gasteiger partial charge in [0.1, 0.15) is 0 Å². The van der Waals surface area contributed by atoms with Gasteiger partial charge in [0.15, 0.2) is 0 Å². The lowest BCUT2D eigenvalue weighted by Crippen LogP contribution is -2.13. The molecule has 0 aromatic heterocycles. The fourth-order valence-corrected chi connectivity index (χ4v) is 1.50. The van der Waals surface area contributed by atoms with Crippen molar-refractivity contribution < 1.29 is 12.6 Å². The van der Waals surface area contributed by atoms with Crippen molar-refractivity contribution >= 4 is 10.1 Å². The first-order chi connectivity index (χ1) is 4.62. The molecule has 0 saturated heterocycles. The maximum atomic E-state index is 10.7. The average molecular weight is 167 g/mol.